The van der Waals surface area contributed by atoms with Crippen LogP contribution in [0.25, 0.3) is 0 Å². The minimum atomic E-state index is -0.253. The summed E-state index contributed by atoms with van der Waals surface area (Å²) >= 11 is 0. The van der Waals surface area contributed by atoms with Crippen molar-refractivity contribution in [2.24, 2.45) is 17.8 Å². The number of urea groups is 1. The first kappa shape index (κ1) is 21.0. The van der Waals surface area contributed by atoms with Gasteiger partial charge in [0.25, 0.3) is 0 Å². The second kappa shape index (κ2) is 9.71. The van der Waals surface area contributed by atoms with Crippen molar-refractivity contribution >= 4 is 23.3 Å². The summed E-state index contributed by atoms with van der Waals surface area (Å²) in [4.78, 5) is 26.9. The SMILES string of the molecule is C[C@H](NC(=O)NCC(=O)Nc1ccc(N2CCCCCC2)cc1)[C@H]1C[C@H]2CC[C@H]1C2. The predicted octanol–water partition coefficient (Wildman–Crippen LogP) is 4.13. The zero-order chi connectivity index (χ0) is 20.9. The Morgan fingerprint density at radius 3 is 2.40 bits per heavy atom. The van der Waals surface area contributed by atoms with Gasteiger partial charge in [-0.3, -0.25) is 4.79 Å². The summed E-state index contributed by atoms with van der Waals surface area (Å²) in [6.45, 7) is 4.27. The summed E-state index contributed by atoms with van der Waals surface area (Å²) in [5.74, 6) is 2.01. The molecule has 0 unspecified atom stereocenters. The highest BCUT2D eigenvalue weighted by Gasteiger charge is 2.42. The molecule has 3 aliphatic rings. The predicted molar refractivity (Wildman–Crippen MR) is 121 cm³/mol. The minimum absolute atomic E-state index is 0.0247. The van der Waals surface area contributed by atoms with Crippen molar-refractivity contribution in [1.29, 1.82) is 0 Å². The molecule has 3 amide bonds. The maximum Gasteiger partial charge on any atom is 0.315 e. The number of benzene rings is 1. The highest BCUT2D eigenvalue weighted by molar-refractivity contribution is 5.94. The number of nitrogens with one attached hydrogen (secondary N) is 3. The smallest absolute Gasteiger partial charge is 0.315 e. The van der Waals surface area contributed by atoms with E-state index in [2.05, 4.69) is 39.9 Å². The lowest BCUT2D eigenvalue weighted by Crippen LogP contribution is -2.47. The van der Waals surface area contributed by atoms with E-state index in [1.807, 2.05) is 12.1 Å². The maximum atomic E-state index is 12.2. The second-order valence-electron chi connectivity index (χ2n) is 9.45. The number of nitrogens with zero attached hydrogens (tertiary/aromatic N) is 1. The molecule has 0 radical (unpaired) electrons. The molecule has 0 spiro atoms. The molecule has 4 atom stereocenters. The first-order valence-corrected chi connectivity index (χ1v) is 11.8. The molecule has 164 valence electrons. The fraction of sp³-hybridized carbons (Fsp3) is 0.667. The summed E-state index contributed by atoms with van der Waals surface area (Å²) < 4.78 is 0. The van der Waals surface area contributed by atoms with Gasteiger partial charge in [-0.25, -0.2) is 4.79 Å². The Morgan fingerprint density at radius 2 is 1.77 bits per heavy atom. The number of amides is 3. The summed E-state index contributed by atoms with van der Waals surface area (Å²) in [6.07, 6.45) is 10.3. The maximum absolute atomic E-state index is 12.2. The van der Waals surface area contributed by atoms with Gasteiger partial charge in [-0.05, 0) is 81.0 Å². The van der Waals surface area contributed by atoms with Gasteiger partial charge in [-0.15, -0.1) is 0 Å². The molecule has 3 fully saturated rings. The van der Waals surface area contributed by atoms with Gasteiger partial charge in [0.15, 0.2) is 0 Å². The van der Waals surface area contributed by atoms with Crippen LogP contribution in [-0.2, 0) is 4.79 Å². The molecule has 2 aliphatic carbocycles. The third-order valence-corrected chi connectivity index (χ3v) is 7.33. The summed E-state index contributed by atoms with van der Waals surface area (Å²) in [6, 6.07) is 7.92. The largest absolute Gasteiger partial charge is 0.372 e. The van der Waals surface area contributed by atoms with Gasteiger partial charge in [0.05, 0.1) is 6.54 Å². The van der Waals surface area contributed by atoms with Crippen molar-refractivity contribution in [2.75, 3.05) is 29.9 Å². The quantitative estimate of drug-likeness (QED) is 0.658. The van der Waals surface area contributed by atoms with Crippen molar-refractivity contribution in [2.45, 2.75) is 64.3 Å². The van der Waals surface area contributed by atoms with E-state index in [0.717, 1.165) is 30.6 Å². The van der Waals surface area contributed by atoms with Crippen LogP contribution in [0.5, 0.6) is 0 Å². The normalized spacial score (nSPS) is 26.7. The van der Waals surface area contributed by atoms with Crippen LogP contribution in [-0.4, -0.2) is 37.6 Å². The number of hydrogen-bond acceptors (Lipinski definition) is 3. The van der Waals surface area contributed by atoms with E-state index in [4.69, 9.17) is 0 Å². The van der Waals surface area contributed by atoms with E-state index in [1.165, 1.54) is 57.1 Å². The van der Waals surface area contributed by atoms with Crippen LogP contribution in [0.3, 0.4) is 0 Å². The molecule has 1 aliphatic heterocycles. The molecular formula is C24H36N4O2. The molecular weight excluding hydrogens is 376 g/mol. The lowest BCUT2D eigenvalue weighted by Gasteiger charge is -2.28. The van der Waals surface area contributed by atoms with Crippen molar-refractivity contribution < 1.29 is 9.59 Å². The average molecular weight is 413 g/mol. The van der Waals surface area contributed by atoms with E-state index in [9.17, 15) is 9.59 Å². The lowest BCUT2D eigenvalue weighted by atomic mass is 9.84. The highest BCUT2D eigenvalue weighted by Crippen LogP contribution is 2.49. The Labute approximate surface area is 180 Å². The van der Waals surface area contributed by atoms with E-state index < -0.39 is 0 Å². The van der Waals surface area contributed by atoms with Gasteiger partial charge in [0, 0.05) is 30.5 Å². The van der Waals surface area contributed by atoms with Gasteiger partial charge in [-0.2, -0.15) is 0 Å². The van der Waals surface area contributed by atoms with Gasteiger partial charge in [-0.1, -0.05) is 19.3 Å². The third-order valence-electron chi connectivity index (χ3n) is 7.33. The molecule has 2 bridgehead atoms. The van der Waals surface area contributed by atoms with Crippen molar-refractivity contribution in [3.63, 3.8) is 0 Å². The first-order valence-electron chi connectivity index (χ1n) is 11.8. The van der Waals surface area contributed by atoms with Crippen LogP contribution in [0.1, 0.15) is 58.3 Å². The molecule has 1 aromatic rings. The Morgan fingerprint density at radius 1 is 1.03 bits per heavy atom. The summed E-state index contributed by atoms with van der Waals surface area (Å²) in [5.41, 5.74) is 1.97. The van der Waals surface area contributed by atoms with E-state index in [-0.39, 0.29) is 24.5 Å². The van der Waals surface area contributed by atoms with E-state index in [1.54, 1.807) is 0 Å². The Balaban J connectivity index is 1.18. The van der Waals surface area contributed by atoms with Crippen LogP contribution >= 0.6 is 0 Å². The summed E-state index contributed by atoms with van der Waals surface area (Å²) in [7, 11) is 0. The molecule has 3 N–H and O–H groups in total. The number of rotatable bonds is 6. The number of fused-ring (bicyclic) bond motifs is 2. The number of carbonyl (C=O) groups excluding carboxylic acids is 2. The molecule has 1 saturated heterocycles. The van der Waals surface area contributed by atoms with Crippen LogP contribution in [0.4, 0.5) is 16.2 Å². The fourth-order valence-electron chi connectivity index (χ4n) is 5.72. The van der Waals surface area contributed by atoms with E-state index in [0.29, 0.717) is 5.92 Å². The van der Waals surface area contributed by atoms with Crippen molar-refractivity contribution in [3.05, 3.63) is 24.3 Å². The molecule has 6 nitrogen and oxygen atoms in total. The van der Waals surface area contributed by atoms with Crippen molar-refractivity contribution in [3.8, 4) is 0 Å². The number of carbonyl (C=O) groups is 2. The second-order valence-corrected chi connectivity index (χ2v) is 9.45. The zero-order valence-corrected chi connectivity index (χ0v) is 18.2. The topological polar surface area (TPSA) is 73.5 Å². The standard InChI is InChI=1S/C24H36N4O2/c1-17(22-15-18-6-7-19(22)14-18)26-24(30)25-16-23(29)27-20-8-10-21(11-9-20)28-12-4-2-3-5-13-28/h8-11,17-19,22H,2-7,12-16H2,1H3,(H,27,29)(H2,25,26,30)/t17-,18-,19-,22+/m0/s1. The molecule has 2 saturated carbocycles. The first-order chi connectivity index (χ1) is 14.6. The number of anilines is 2. The van der Waals surface area contributed by atoms with Gasteiger partial charge in [0.2, 0.25) is 5.91 Å². The highest BCUT2D eigenvalue weighted by atomic mass is 16.2. The van der Waals surface area contributed by atoms with Gasteiger partial charge < -0.3 is 20.9 Å². The molecule has 1 aromatic carbocycles. The fourth-order valence-corrected chi connectivity index (χ4v) is 5.72. The number of hydrogen-bond donors (Lipinski definition) is 3. The van der Waals surface area contributed by atoms with Crippen molar-refractivity contribution in [1.82, 2.24) is 10.6 Å². The summed E-state index contributed by atoms with van der Waals surface area (Å²) in [5, 5.41) is 8.61. The molecule has 30 heavy (non-hydrogen) atoms. The van der Waals surface area contributed by atoms with Crippen LogP contribution < -0.4 is 20.9 Å². The molecule has 1 heterocycles. The van der Waals surface area contributed by atoms with Gasteiger partial charge >= 0.3 is 6.03 Å². The van der Waals surface area contributed by atoms with E-state index >= 15 is 0 Å². The van der Waals surface area contributed by atoms with Crippen LogP contribution in [0.15, 0.2) is 24.3 Å². The molecule has 0 aromatic heterocycles. The Hall–Kier alpha value is -2.24. The zero-order valence-electron chi connectivity index (χ0n) is 18.2. The monoisotopic (exact) mass is 412 g/mol. The average Bonchev–Trinajstić information content (AvgIpc) is 3.28. The third kappa shape index (κ3) is 5.27. The van der Waals surface area contributed by atoms with Crippen LogP contribution in [0.2, 0.25) is 0 Å². The van der Waals surface area contributed by atoms with Gasteiger partial charge in [0.1, 0.15) is 0 Å². The van der Waals surface area contributed by atoms with Crippen LogP contribution in [0, 0.1) is 17.8 Å². The minimum Gasteiger partial charge on any atom is -0.372 e. The molecule has 6 heteroatoms. The Bertz CT molecular complexity index is 727. The molecule has 4 rings (SSSR count). The lowest BCUT2D eigenvalue weighted by molar-refractivity contribution is -0.115. The Kier molecular flexibility index (Phi) is 6.80.